The average molecular weight is 182 g/mol. The molecule has 0 bridgehead atoms. The summed E-state index contributed by atoms with van der Waals surface area (Å²) < 4.78 is 0. The standard InChI is InChI=1S/Al.7H2O.H4Si/h;7*1H2;1H4/q+3;;;;;;;;/p-3. The Kier molecular flexibility index (Phi) is 735000. The van der Waals surface area contributed by atoms with Gasteiger partial charge >= 0.3 is 17.4 Å². The number of hydrogen-bond acceptors (Lipinski definition) is 3. The Morgan fingerprint density at radius 3 is 0.444 bits per heavy atom. The summed E-state index contributed by atoms with van der Waals surface area (Å²) in [4.78, 5) is 0. The molecule has 0 aromatic rings. The minimum atomic E-state index is 0. The van der Waals surface area contributed by atoms with Crippen LogP contribution in [0.3, 0.4) is 0 Å². The van der Waals surface area contributed by atoms with Crippen molar-refractivity contribution in [2.45, 2.75) is 0 Å². The van der Waals surface area contributed by atoms with E-state index in [1.165, 1.54) is 0 Å². The molecule has 0 amide bonds. The van der Waals surface area contributed by atoms with Crippen LogP contribution in [-0.2, 0) is 0 Å². The molecular weight excluding hydrogens is 167 g/mol. The van der Waals surface area contributed by atoms with Crippen LogP contribution in [0.2, 0.25) is 0 Å². The van der Waals surface area contributed by atoms with Crippen molar-refractivity contribution < 1.29 is 38.3 Å². The van der Waals surface area contributed by atoms with Crippen molar-refractivity contribution in [2.75, 3.05) is 0 Å². The van der Waals surface area contributed by atoms with Gasteiger partial charge in [0.25, 0.3) is 0 Å². The van der Waals surface area contributed by atoms with Crippen molar-refractivity contribution in [3.05, 3.63) is 0 Å². The molecule has 0 aromatic carbocycles. The van der Waals surface area contributed by atoms with Gasteiger partial charge < -0.3 is 38.3 Å². The van der Waals surface area contributed by atoms with Gasteiger partial charge in [0.15, 0.2) is 0 Å². The van der Waals surface area contributed by atoms with Crippen LogP contribution in [0.15, 0.2) is 0 Å². The Morgan fingerprint density at radius 2 is 0.444 bits per heavy atom. The van der Waals surface area contributed by atoms with Gasteiger partial charge in [0, 0.05) is 0 Å². The van der Waals surface area contributed by atoms with E-state index in [-0.39, 0.29) is 66.7 Å². The molecule has 9 heteroatoms. The van der Waals surface area contributed by atoms with Gasteiger partial charge in [-0.25, -0.2) is 0 Å². The minimum absolute atomic E-state index is 0. The summed E-state index contributed by atoms with van der Waals surface area (Å²) in [5.41, 5.74) is 0. The molecule has 0 aliphatic carbocycles. The quantitative estimate of drug-likeness (QED) is 0.334. The average Bonchev–Trinajstić information content (AvgIpc) is 0. The second-order valence-corrected chi connectivity index (χ2v) is 0. The van der Waals surface area contributed by atoms with Gasteiger partial charge in [-0.3, -0.25) is 0 Å². The molecule has 0 atom stereocenters. The maximum absolute atomic E-state index is 0. The molecule has 0 heterocycles. The van der Waals surface area contributed by atoms with Crippen molar-refractivity contribution in [1.29, 1.82) is 0 Å². The van der Waals surface area contributed by atoms with Gasteiger partial charge in [-0.1, -0.05) is 0 Å². The van der Waals surface area contributed by atoms with Crippen molar-refractivity contribution in [2.24, 2.45) is 0 Å². The minimum Gasteiger partial charge on any atom is -0.870 e. The van der Waals surface area contributed by atoms with E-state index in [4.69, 9.17) is 0 Å². The van der Waals surface area contributed by atoms with Crippen LogP contribution < -0.4 is 0 Å². The molecule has 0 rings (SSSR count). The first-order chi connectivity index (χ1) is 0. The van der Waals surface area contributed by atoms with Gasteiger partial charge in [0.1, 0.15) is 0 Å². The molecule has 11 N–H and O–H groups in total. The molecular formula is H15AlO7Si. The summed E-state index contributed by atoms with van der Waals surface area (Å²) >= 11 is 0. The molecule has 7 nitrogen and oxygen atoms in total. The molecule has 0 spiro atoms. The van der Waals surface area contributed by atoms with Crippen LogP contribution >= 0.6 is 0 Å². The molecule has 0 saturated heterocycles. The maximum atomic E-state index is 0. The second-order valence-electron chi connectivity index (χ2n) is 0. The van der Waals surface area contributed by atoms with E-state index in [1.54, 1.807) is 0 Å². The summed E-state index contributed by atoms with van der Waals surface area (Å²) in [6.07, 6.45) is 0. The summed E-state index contributed by atoms with van der Waals surface area (Å²) in [7, 11) is 0. The number of hydrogen-bond donors (Lipinski definition) is 0. The fraction of sp³-hybridized carbons (Fsp3) is 0. The third kappa shape index (κ3) is 1610. The van der Waals surface area contributed by atoms with Crippen LogP contribution in [0.4, 0.5) is 0 Å². The largest absolute Gasteiger partial charge is 3.00 e. The Hall–Kier alpha value is 0.469. The van der Waals surface area contributed by atoms with Gasteiger partial charge in [-0.15, -0.1) is 0 Å². The van der Waals surface area contributed by atoms with E-state index >= 15 is 0 Å². The Morgan fingerprint density at radius 1 is 0.444 bits per heavy atom. The smallest absolute Gasteiger partial charge is 0.870 e. The molecule has 0 aromatic heterocycles. The zero-order chi connectivity index (χ0) is 0. The van der Waals surface area contributed by atoms with E-state index in [2.05, 4.69) is 0 Å². The fourth-order valence-corrected chi connectivity index (χ4v) is 0. The Balaban J connectivity index is 0. The molecule has 9 heavy (non-hydrogen) atoms. The zero-order valence-corrected chi connectivity index (χ0v) is 5.07. The molecule has 0 unspecified atom stereocenters. The molecule has 64 valence electrons. The molecule has 0 radical (unpaired) electrons. The number of rotatable bonds is 0. The first kappa shape index (κ1) is 3080. The van der Waals surface area contributed by atoms with E-state index in [1.807, 2.05) is 0 Å². The van der Waals surface area contributed by atoms with Crippen LogP contribution in [0, 0.1) is 0 Å². The van der Waals surface area contributed by atoms with Gasteiger partial charge in [-0.05, 0) is 11.0 Å². The van der Waals surface area contributed by atoms with E-state index in [0.29, 0.717) is 0 Å². The van der Waals surface area contributed by atoms with E-state index in [0.717, 1.165) is 0 Å². The van der Waals surface area contributed by atoms with Crippen molar-refractivity contribution in [3.8, 4) is 0 Å². The Labute approximate surface area is 67.4 Å². The van der Waals surface area contributed by atoms with Crippen molar-refractivity contribution in [3.63, 3.8) is 0 Å². The summed E-state index contributed by atoms with van der Waals surface area (Å²) in [5.74, 6) is 0. The summed E-state index contributed by atoms with van der Waals surface area (Å²) in [6, 6.07) is 0. The van der Waals surface area contributed by atoms with Crippen LogP contribution in [0.1, 0.15) is 0 Å². The zero-order valence-electron chi connectivity index (χ0n) is 3.92. The normalized spacial score (nSPS) is 0. The van der Waals surface area contributed by atoms with Crippen molar-refractivity contribution in [1.82, 2.24) is 0 Å². The van der Waals surface area contributed by atoms with Crippen LogP contribution in [-0.4, -0.2) is 66.7 Å². The van der Waals surface area contributed by atoms with E-state index in [9.17, 15) is 0 Å². The topological polar surface area (TPSA) is 216 Å². The molecule has 0 fully saturated rings. The predicted octanol–water partition coefficient (Wildman–Crippen LogP) is -5.66. The summed E-state index contributed by atoms with van der Waals surface area (Å²) in [6.45, 7) is 0. The van der Waals surface area contributed by atoms with Crippen LogP contribution in [0.25, 0.3) is 0 Å². The molecule has 0 aliphatic rings. The monoisotopic (exact) mass is 182 g/mol. The van der Waals surface area contributed by atoms with Crippen LogP contribution in [0.5, 0.6) is 0 Å². The first-order valence-corrected chi connectivity index (χ1v) is 0. The van der Waals surface area contributed by atoms with Gasteiger partial charge in [-0.2, -0.15) is 0 Å². The maximum Gasteiger partial charge on any atom is 3.00 e. The first-order valence-electron chi connectivity index (χ1n) is 0. The Bertz CT molecular complexity index is 8.88. The SMILES string of the molecule is O.O.O.O.[Al+3].[OH-].[OH-].[OH-].[SiH4]. The predicted molar refractivity (Wildman–Crippen MR) is 37.4 cm³/mol. The van der Waals surface area contributed by atoms with Gasteiger partial charge in [0.2, 0.25) is 0 Å². The van der Waals surface area contributed by atoms with Gasteiger partial charge in [0.05, 0.1) is 0 Å². The molecule has 0 aliphatic heterocycles. The fourth-order valence-electron chi connectivity index (χ4n) is 0. The third-order valence-corrected chi connectivity index (χ3v) is 0. The molecule has 0 saturated carbocycles. The summed E-state index contributed by atoms with van der Waals surface area (Å²) in [5, 5.41) is 0. The van der Waals surface area contributed by atoms with E-state index < -0.39 is 0 Å². The van der Waals surface area contributed by atoms with Crippen molar-refractivity contribution >= 4 is 28.3 Å². The second kappa shape index (κ2) is 2140. The third-order valence-electron chi connectivity index (χ3n) is 0.